The van der Waals surface area contributed by atoms with Gasteiger partial charge in [-0.2, -0.15) is 0 Å². The first-order valence-electron chi connectivity index (χ1n) is 9.01. The minimum absolute atomic E-state index is 0.0921. The summed E-state index contributed by atoms with van der Waals surface area (Å²) in [5.41, 5.74) is 4.12. The molecule has 0 aliphatic heterocycles. The first-order valence-corrected chi connectivity index (χ1v) is 10.4. The first-order chi connectivity index (χ1) is 12.9. The van der Waals surface area contributed by atoms with Crippen LogP contribution in [-0.2, 0) is 5.04 Å². The molecule has 4 rings (SSSR count). The average Bonchev–Trinajstić information content (AvgIpc) is 2.75. The summed E-state index contributed by atoms with van der Waals surface area (Å²) in [6.45, 7) is 0. The van der Waals surface area contributed by atoms with Crippen molar-refractivity contribution in [1.82, 2.24) is 0 Å². The maximum atomic E-state index is 3.16. The predicted octanol–water partition coefficient (Wildman–Crippen LogP) is 4.27. The van der Waals surface area contributed by atoms with Gasteiger partial charge >= 0.3 is 0 Å². The van der Waals surface area contributed by atoms with Crippen molar-refractivity contribution in [2.24, 2.45) is 0 Å². The molecule has 1 radical (unpaired) electrons. The maximum absolute atomic E-state index is 3.16. The molecule has 0 atom stereocenters. The molecule has 0 amide bonds. The van der Waals surface area contributed by atoms with E-state index in [0.29, 0.717) is 0 Å². The van der Waals surface area contributed by atoms with Gasteiger partial charge in [0, 0.05) is 5.04 Å². The van der Waals surface area contributed by atoms with E-state index in [1.807, 2.05) is 12.1 Å². The third-order valence-electron chi connectivity index (χ3n) is 5.06. The summed E-state index contributed by atoms with van der Waals surface area (Å²) in [6.07, 6.45) is 0. The molecule has 0 spiro atoms. The van der Waals surface area contributed by atoms with E-state index in [1.54, 1.807) is 0 Å². The van der Waals surface area contributed by atoms with Crippen molar-refractivity contribution in [2.45, 2.75) is 5.04 Å². The standard InChI is InChI=1S/C25H21Si/c1-5-13-21(14-6-1)25(22-15-7-2-8-16-22,23-17-9-3-10-18-23)26-24-19-11-4-12-20-24/h1-3,5-20H,26H2. The zero-order valence-electron chi connectivity index (χ0n) is 14.7. The van der Waals surface area contributed by atoms with E-state index in [9.17, 15) is 0 Å². The summed E-state index contributed by atoms with van der Waals surface area (Å²) in [6, 6.07) is 44.6. The topological polar surface area (TPSA) is 0 Å². The van der Waals surface area contributed by atoms with E-state index >= 15 is 0 Å². The molecule has 0 aliphatic rings. The van der Waals surface area contributed by atoms with Crippen LogP contribution in [0.25, 0.3) is 0 Å². The Bertz CT molecular complexity index is 836. The van der Waals surface area contributed by atoms with Crippen molar-refractivity contribution in [2.75, 3.05) is 0 Å². The fraction of sp³-hybridized carbons (Fsp3) is 0.0400. The third-order valence-corrected chi connectivity index (χ3v) is 7.69. The molecule has 0 nitrogen and oxygen atoms in total. The van der Waals surface area contributed by atoms with Gasteiger partial charge in [-0.05, 0) is 22.8 Å². The number of hydrogen-bond donors (Lipinski definition) is 0. The summed E-state index contributed by atoms with van der Waals surface area (Å²) in [7, 11) is -0.719. The quantitative estimate of drug-likeness (QED) is 0.373. The summed E-state index contributed by atoms with van der Waals surface area (Å²) in [4.78, 5) is 0. The van der Waals surface area contributed by atoms with E-state index in [0.717, 1.165) is 0 Å². The van der Waals surface area contributed by atoms with Crippen LogP contribution in [0.1, 0.15) is 16.7 Å². The first kappa shape index (κ1) is 16.6. The van der Waals surface area contributed by atoms with E-state index < -0.39 is 9.52 Å². The fourth-order valence-corrected chi connectivity index (χ4v) is 6.22. The zero-order valence-corrected chi connectivity index (χ0v) is 16.1. The Labute approximate surface area is 158 Å². The van der Waals surface area contributed by atoms with Crippen molar-refractivity contribution < 1.29 is 0 Å². The van der Waals surface area contributed by atoms with E-state index in [2.05, 4.69) is 109 Å². The summed E-state index contributed by atoms with van der Waals surface area (Å²) in [5, 5.41) is 1.35. The predicted molar refractivity (Wildman–Crippen MR) is 113 cm³/mol. The number of rotatable bonds is 5. The highest BCUT2D eigenvalue weighted by molar-refractivity contribution is 6.58. The lowest BCUT2D eigenvalue weighted by molar-refractivity contribution is 0.869. The molecule has 0 aliphatic carbocycles. The highest BCUT2D eigenvalue weighted by Gasteiger charge is 2.36. The Morgan fingerprint density at radius 1 is 0.500 bits per heavy atom. The van der Waals surface area contributed by atoms with Crippen molar-refractivity contribution >= 4 is 14.7 Å². The van der Waals surface area contributed by atoms with Crippen LogP contribution in [0, 0.1) is 6.07 Å². The molecule has 0 heterocycles. The lowest BCUT2D eigenvalue weighted by Gasteiger charge is -2.36. The van der Waals surface area contributed by atoms with Crippen LogP contribution >= 0.6 is 0 Å². The smallest absolute Gasteiger partial charge is 0.0651 e. The van der Waals surface area contributed by atoms with Gasteiger partial charge in [-0.1, -0.05) is 120 Å². The van der Waals surface area contributed by atoms with Crippen LogP contribution in [0.15, 0.2) is 115 Å². The SMILES string of the molecule is [c]1ccc([SiH2]C(c2ccccc2)(c2ccccc2)c2ccccc2)cc1. The monoisotopic (exact) mass is 349 g/mol. The van der Waals surface area contributed by atoms with Gasteiger partial charge in [-0.25, -0.2) is 0 Å². The second kappa shape index (κ2) is 7.55. The normalized spacial score (nSPS) is 11.7. The average molecular weight is 350 g/mol. The summed E-state index contributed by atoms with van der Waals surface area (Å²) >= 11 is 0. The number of benzene rings is 4. The maximum Gasteiger partial charge on any atom is 0.0772 e. The minimum Gasteiger partial charge on any atom is -0.0651 e. The second-order valence-corrected chi connectivity index (χ2v) is 8.82. The van der Waals surface area contributed by atoms with Crippen molar-refractivity contribution in [1.29, 1.82) is 0 Å². The summed E-state index contributed by atoms with van der Waals surface area (Å²) < 4.78 is 0. The molecule has 1 heteroatoms. The lowest BCUT2D eigenvalue weighted by Crippen LogP contribution is -2.42. The Balaban J connectivity index is 2.00. The van der Waals surface area contributed by atoms with Gasteiger partial charge < -0.3 is 0 Å². The largest absolute Gasteiger partial charge is 0.0772 e. The molecular weight excluding hydrogens is 328 g/mol. The van der Waals surface area contributed by atoms with Gasteiger partial charge in [0.1, 0.15) is 0 Å². The molecule has 125 valence electrons. The molecule has 0 aromatic heterocycles. The van der Waals surface area contributed by atoms with Crippen LogP contribution in [-0.4, -0.2) is 9.52 Å². The highest BCUT2D eigenvalue weighted by atomic mass is 28.2. The van der Waals surface area contributed by atoms with Gasteiger partial charge in [-0.3, -0.25) is 0 Å². The third kappa shape index (κ3) is 3.14. The Morgan fingerprint density at radius 3 is 1.27 bits per heavy atom. The summed E-state index contributed by atoms with van der Waals surface area (Å²) in [5.74, 6) is 0. The van der Waals surface area contributed by atoms with Crippen LogP contribution in [0.4, 0.5) is 0 Å². The molecule has 0 unspecified atom stereocenters. The van der Waals surface area contributed by atoms with E-state index in [1.165, 1.54) is 21.9 Å². The van der Waals surface area contributed by atoms with Crippen LogP contribution in [0.2, 0.25) is 0 Å². The fourth-order valence-electron chi connectivity index (χ4n) is 3.82. The van der Waals surface area contributed by atoms with Crippen molar-refractivity contribution in [3.8, 4) is 0 Å². The molecule has 4 aromatic carbocycles. The Hall–Kier alpha value is -2.90. The lowest BCUT2D eigenvalue weighted by atomic mass is 9.84. The Kier molecular flexibility index (Phi) is 4.81. The van der Waals surface area contributed by atoms with Crippen LogP contribution < -0.4 is 5.19 Å². The minimum atomic E-state index is -0.719. The van der Waals surface area contributed by atoms with Gasteiger partial charge in [-0.15, -0.1) is 0 Å². The van der Waals surface area contributed by atoms with Gasteiger partial charge in [0.15, 0.2) is 0 Å². The van der Waals surface area contributed by atoms with Gasteiger partial charge in [0.2, 0.25) is 0 Å². The molecule has 0 saturated carbocycles. The molecule has 26 heavy (non-hydrogen) atoms. The van der Waals surface area contributed by atoms with Gasteiger partial charge in [0.25, 0.3) is 0 Å². The van der Waals surface area contributed by atoms with Gasteiger partial charge in [0.05, 0.1) is 9.52 Å². The van der Waals surface area contributed by atoms with E-state index in [4.69, 9.17) is 0 Å². The molecule has 4 aromatic rings. The van der Waals surface area contributed by atoms with Crippen molar-refractivity contribution in [3.05, 3.63) is 138 Å². The Morgan fingerprint density at radius 2 is 0.885 bits per heavy atom. The molecule has 0 saturated heterocycles. The molecule has 0 N–H and O–H groups in total. The molecular formula is C25H21Si. The number of hydrogen-bond acceptors (Lipinski definition) is 0. The van der Waals surface area contributed by atoms with Crippen LogP contribution in [0.3, 0.4) is 0 Å². The highest BCUT2D eigenvalue weighted by Crippen LogP contribution is 2.38. The molecule has 0 fully saturated rings. The zero-order chi connectivity index (χ0) is 17.7. The van der Waals surface area contributed by atoms with Crippen molar-refractivity contribution in [3.63, 3.8) is 0 Å². The van der Waals surface area contributed by atoms with Crippen LogP contribution in [0.5, 0.6) is 0 Å². The molecule has 0 bridgehead atoms. The van der Waals surface area contributed by atoms with E-state index in [-0.39, 0.29) is 5.04 Å². The second-order valence-electron chi connectivity index (χ2n) is 6.59.